The van der Waals surface area contributed by atoms with Crippen molar-refractivity contribution < 1.29 is 14.3 Å². The molecule has 1 aliphatic rings. The summed E-state index contributed by atoms with van der Waals surface area (Å²) in [6, 6.07) is 5.76. The molecule has 1 unspecified atom stereocenters. The van der Waals surface area contributed by atoms with E-state index in [0.717, 1.165) is 23.5 Å². The highest BCUT2D eigenvalue weighted by molar-refractivity contribution is 5.85. The Bertz CT molecular complexity index is 514. The van der Waals surface area contributed by atoms with Crippen molar-refractivity contribution >= 4 is 5.91 Å². The van der Waals surface area contributed by atoms with Gasteiger partial charge in [0.2, 0.25) is 5.91 Å². The zero-order valence-electron chi connectivity index (χ0n) is 13.0. The molecule has 0 aliphatic carbocycles. The summed E-state index contributed by atoms with van der Waals surface area (Å²) >= 11 is 0. The van der Waals surface area contributed by atoms with Crippen LogP contribution in [0.3, 0.4) is 0 Å². The normalized spacial score (nSPS) is 16.2. The van der Waals surface area contributed by atoms with E-state index in [1.807, 2.05) is 25.1 Å². The standard InChI is InChI=1S/C16H24N2O3/c1-4-7-16(2,17)15(19)18(3)11-12-5-6-13-14(10-12)21-9-8-20-13/h5-6,10H,4,7-9,11,17H2,1-3H3. The van der Waals surface area contributed by atoms with Gasteiger partial charge in [-0.2, -0.15) is 0 Å². The monoisotopic (exact) mass is 292 g/mol. The van der Waals surface area contributed by atoms with E-state index in [-0.39, 0.29) is 5.91 Å². The average Bonchev–Trinajstić information content (AvgIpc) is 2.46. The summed E-state index contributed by atoms with van der Waals surface area (Å²) in [7, 11) is 1.78. The highest BCUT2D eigenvalue weighted by Crippen LogP contribution is 2.31. The smallest absolute Gasteiger partial charge is 0.242 e. The van der Waals surface area contributed by atoms with Gasteiger partial charge in [0.15, 0.2) is 11.5 Å². The molecular weight excluding hydrogens is 268 g/mol. The van der Waals surface area contributed by atoms with Crippen LogP contribution in [-0.2, 0) is 11.3 Å². The average molecular weight is 292 g/mol. The SMILES string of the molecule is CCCC(C)(N)C(=O)N(C)Cc1ccc2c(c1)OCCO2. The van der Waals surface area contributed by atoms with Crippen LogP contribution in [0.5, 0.6) is 11.5 Å². The Labute approximate surface area is 126 Å². The molecule has 1 aromatic rings. The number of hydrogen-bond donors (Lipinski definition) is 1. The van der Waals surface area contributed by atoms with Crippen molar-refractivity contribution in [1.82, 2.24) is 4.90 Å². The lowest BCUT2D eigenvalue weighted by atomic mass is 9.95. The summed E-state index contributed by atoms with van der Waals surface area (Å²) in [5.41, 5.74) is 6.29. The minimum absolute atomic E-state index is 0.0424. The maximum Gasteiger partial charge on any atom is 0.242 e. The number of nitrogens with two attached hydrogens (primary N) is 1. The fraction of sp³-hybridized carbons (Fsp3) is 0.562. The van der Waals surface area contributed by atoms with Crippen LogP contribution in [0.1, 0.15) is 32.3 Å². The molecule has 1 heterocycles. The summed E-state index contributed by atoms with van der Waals surface area (Å²) in [5, 5.41) is 0. The fourth-order valence-corrected chi connectivity index (χ4v) is 2.59. The quantitative estimate of drug-likeness (QED) is 0.900. The van der Waals surface area contributed by atoms with Crippen LogP contribution in [0.4, 0.5) is 0 Å². The Balaban J connectivity index is 2.05. The van der Waals surface area contributed by atoms with E-state index in [9.17, 15) is 4.79 Å². The van der Waals surface area contributed by atoms with E-state index in [4.69, 9.17) is 15.2 Å². The van der Waals surface area contributed by atoms with Gasteiger partial charge in [0.25, 0.3) is 0 Å². The molecule has 0 bridgehead atoms. The number of hydrogen-bond acceptors (Lipinski definition) is 4. The summed E-state index contributed by atoms with van der Waals surface area (Å²) in [6.45, 7) is 5.46. The molecule has 5 heteroatoms. The zero-order chi connectivity index (χ0) is 15.5. The van der Waals surface area contributed by atoms with E-state index in [0.29, 0.717) is 26.2 Å². The predicted molar refractivity (Wildman–Crippen MR) is 81.4 cm³/mol. The van der Waals surface area contributed by atoms with Crippen molar-refractivity contribution in [2.24, 2.45) is 5.73 Å². The number of nitrogens with zero attached hydrogens (tertiary/aromatic N) is 1. The summed E-state index contributed by atoms with van der Waals surface area (Å²) in [6.07, 6.45) is 1.56. The van der Waals surface area contributed by atoms with Crippen LogP contribution >= 0.6 is 0 Å². The molecule has 5 nitrogen and oxygen atoms in total. The molecular formula is C16H24N2O3. The molecule has 1 aromatic carbocycles. The van der Waals surface area contributed by atoms with Crippen molar-refractivity contribution in [3.8, 4) is 11.5 Å². The van der Waals surface area contributed by atoms with Gasteiger partial charge >= 0.3 is 0 Å². The largest absolute Gasteiger partial charge is 0.486 e. The second-order valence-electron chi connectivity index (χ2n) is 5.81. The molecule has 0 fully saturated rings. The lowest BCUT2D eigenvalue weighted by molar-refractivity contribution is -0.135. The fourth-order valence-electron chi connectivity index (χ4n) is 2.59. The van der Waals surface area contributed by atoms with Crippen LogP contribution in [0.15, 0.2) is 18.2 Å². The predicted octanol–water partition coefficient (Wildman–Crippen LogP) is 1.93. The van der Waals surface area contributed by atoms with Gasteiger partial charge in [-0.05, 0) is 31.0 Å². The van der Waals surface area contributed by atoms with E-state index in [1.54, 1.807) is 18.9 Å². The van der Waals surface area contributed by atoms with Gasteiger partial charge in [-0.3, -0.25) is 4.79 Å². The van der Waals surface area contributed by atoms with Gasteiger partial charge in [-0.15, -0.1) is 0 Å². The maximum absolute atomic E-state index is 12.4. The Kier molecular flexibility index (Phi) is 4.73. The minimum atomic E-state index is -0.808. The van der Waals surface area contributed by atoms with E-state index in [1.165, 1.54) is 0 Å². The van der Waals surface area contributed by atoms with Crippen LogP contribution in [0.2, 0.25) is 0 Å². The molecule has 2 rings (SSSR count). The molecule has 116 valence electrons. The Morgan fingerprint density at radius 1 is 1.33 bits per heavy atom. The lowest BCUT2D eigenvalue weighted by Gasteiger charge is -2.29. The van der Waals surface area contributed by atoms with Crippen LogP contribution in [0.25, 0.3) is 0 Å². The first-order valence-electron chi connectivity index (χ1n) is 7.37. The third-order valence-corrected chi connectivity index (χ3v) is 3.63. The Morgan fingerprint density at radius 3 is 2.67 bits per heavy atom. The highest BCUT2D eigenvalue weighted by atomic mass is 16.6. The van der Waals surface area contributed by atoms with Crippen molar-refractivity contribution in [2.75, 3.05) is 20.3 Å². The van der Waals surface area contributed by atoms with Crippen LogP contribution in [0, 0.1) is 0 Å². The van der Waals surface area contributed by atoms with Crippen molar-refractivity contribution in [3.05, 3.63) is 23.8 Å². The zero-order valence-corrected chi connectivity index (χ0v) is 13.0. The maximum atomic E-state index is 12.4. The number of benzene rings is 1. The third-order valence-electron chi connectivity index (χ3n) is 3.63. The number of rotatable bonds is 5. The van der Waals surface area contributed by atoms with E-state index >= 15 is 0 Å². The molecule has 0 saturated carbocycles. The molecule has 2 N–H and O–H groups in total. The lowest BCUT2D eigenvalue weighted by Crippen LogP contribution is -2.51. The molecule has 0 aromatic heterocycles. The first-order valence-corrected chi connectivity index (χ1v) is 7.37. The molecule has 1 atom stereocenters. The third kappa shape index (κ3) is 3.67. The second kappa shape index (κ2) is 6.35. The van der Waals surface area contributed by atoms with Gasteiger partial charge < -0.3 is 20.1 Å². The number of carbonyl (C=O) groups excluding carboxylic acids is 1. The molecule has 1 aliphatic heterocycles. The number of likely N-dealkylation sites (N-methyl/N-ethyl adjacent to an activating group) is 1. The first-order chi connectivity index (χ1) is 9.94. The summed E-state index contributed by atoms with van der Waals surface area (Å²) in [5.74, 6) is 1.46. The van der Waals surface area contributed by atoms with Gasteiger partial charge in [0.1, 0.15) is 13.2 Å². The number of amides is 1. The Hall–Kier alpha value is -1.75. The minimum Gasteiger partial charge on any atom is -0.486 e. The number of carbonyl (C=O) groups is 1. The van der Waals surface area contributed by atoms with Gasteiger partial charge in [0.05, 0.1) is 5.54 Å². The van der Waals surface area contributed by atoms with Crippen LogP contribution in [-0.4, -0.2) is 36.6 Å². The van der Waals surface area contributed by atoms with Crippen molar-refractivity contribution in [2.45, 2.75) is 38.8 Å². The molecule has 1 amide bonds. The molecule has 0 spiro atoms. The topological polar surface area (TPSA) is 64.8 Å². The van der Waals surface area contributed by atoms with Crippen LogP contribution < -0.4 is 15.2 Å². The highest BCUT2D eigenvalue weighted by Gasteiger charge is 2.30. The summed E-state index contributed by atoms with van der Waals surface area (Å²) < 4.78 is 11.1. The first kappa shape index (κ1) is 15.6. The van der Waals surface area contributed by atoms with Crippen molar-refractivity contribution in [3.63, 3.8) is 0 Å². The van der Waals surface area contributed by atoms with Gasteiger partial charge in [0, 0.05) is 13.6 Å². The summed E-state index contributed by atoms with van der Waals surface area (Å²) in [4.78, 5) is 14.1. The van der Waals surface area contributed by atoms with Gasteiger partial charge in [-0.1, -0.05) is 19.4 Å². The molecule has 21 heavy (non-hydrogen) atoms. The van der Waals surface area contributed by atoms with E-state index in [2.05, 4.69) is 0 Å². The second-order valence-corrected chi connectivity index (χ2v) is 5.81. The van der Waals surface area contributed by atoms with E-state index < -0.39 is 5.54 Å². The number of fused-ring (bicyclic) bond motifs is 1. The Morgan fingerprint density at radius 2 is 2.00 bits per heavy atom. The number of ether oxygens (including phenoxy) is 2. The molecule has 0 radical (unpaired) electrons. The molecule has 0 saturated heterocycles. The van der Waals surface area contributed by atoms with Crippen molar-refractivity contribution in [1.29, 1.82) is 0 Å². The van der Waals surface area contributed by atoms with Gasteiger partial charge in [-0.25, -0.2) is 0 Å².